The molecule has 0 aromatic carbocycles. The Morgan fingerprint density at radius 3 is 2.67 bits per heavy atom. The number of nitrogens with zero attached hydrogens (tertiary/aromatic N) is 3. The van der Waals surface area contributed by atoms with Crippen molar-refractivity contribution in [2.75, 3.05) is 13.1 Å². The first-order valence-electron chi connectivity index (χ1n) is 3.04. The summed E-state index contributed by atoms with van der Waals surface area (Å²) < 4.78 is 0. The van der Waals surface area contributed by atoms with Crippen LogP contribution >= 0.6 is 0 Å². The molecule has 0 aromatic rings. The highest BCUT2D eigenvalue weighted by atomic mass is 15.1. The zero-order valence-corrected chi connectivity index (χ0v) is 5.25. The van der Waals surface area contributed by atoms with Gasteiger partial charge in [0.1, 0.15) is 0 Å². The van der Waals surface area contributed by atoms with Crippen molar-refractivity contribution in [3.8, 4) is 0 Å². The van der Waals surface area contributed by atoms with E-state index in [0.29, 0.717) is 13.1 Å². The van der Waals surface area contributed by atoms with Gasteiger partial charge < -0.3 is 5.73 Å². The fourth-order valence-corrected chi connectivity index (χ4v) is 0.785. The van der Waals surface area contributed by atoms with E-state index in [1.807, 2.05) is 0 Å². The Bertz CT molecular complexity index is 143. The smallest absolute Gasteiger partial charge is 0.0326 e. The van der Waals surface area contributed by atoms with Gasteiger partial charge in [0.25, 0.3) is 0 Å². The maximum Gasteiger partial charge on any atom is 0.0326 e. The van der Waals surface area contributed by atoms with Gasteiger partial charge in [0, 0.05) is 11.5 Å². The minimum atomic E-state index is 0.201. The molecule has 50 valence electrons. The van der Waals surface area contributed by atoms with E-state index in [0.717, 1.165) is 12.8 Å². The van der Waals surface area contributed by atoms with Crippen molar-refractivity contribution < 1.29 is 0 Å². The van der Waals surface area contributed by atoms with Gasteiger partial charge in [-0.15, -0.1) is 0 Å². The molecule has 0 unspecified atom stereocenters. The van der Waals surface area contributed by atoms with Crippen LogP contribution in [0.3, 0.4) is 0 Å². The molecule has 0 radical (unpaired) electrons. The van der Waals surface area contributed by atoms with Crippen molar-refractivity contribution in [3.05, 3.63) is 10.4 Å². The lowest BCUT2D eigenvalue weighted by molar-refractivity contribution is 0.536. The molecule has 0 bridgehead atoms. The van der Waals surface area contributed by atoms with Crippen LogP contribution < -0.4 is 5.73 Å². The van der Waals surface area contributed by atoms with Crippen LogP contribution in [0.25, 0.3) is 10.4 Å². The Labute approximate surface area is 53.7 Å². The standard InChI is InChI=1S/C5H10N4/c6-3-5(1-2-5)4-8-9-7/h1-4,6H2. The van der Waals surface area contributed by atoms with Gasteiger partial charge in [-0.25, -0.2) is 0 Å². The lowest BCUT2D eigenvalue weighted by Gasteiger charge is -2.04. The number of azide groups is 1. The van der Waals surface area contributed by atoms with Gasteiger partial charge in [-0.05, 0) is 30.3 Å². The van der Waals surface area contributed by atoms with Crippen molar-refractivity contribution in [1.82, 2.24) is 0 Å². The van der Waals surface area contributed by atoms with Crippen molar-refractivity contribution >= 4 is 0 Å². The van der Waals surface area contributed by atoms with E-state index in [9.17, 15) is 0 Å². The summed E-state index contributed by atoms with van der Waals surface area (Å²) in [6.07, 6.45) is 2.26. The molecular formula is C5H10N4. The van der Waals surface area contributed by atoms with E-state index in [-0.39, 0.29) is 5.41 Å². The SMILES string of the molecule is [N-]=[N+]=NCC1(CN)CC1. The monoisotopic (exact) mass is 126 g/mol. The molecule has 1 fully saturated rings. The topological polar surface area (TPSA) is 74.8 Å². The van der Waals surface area contributed by atoms with Crippen molar-refractivity contribution in [3.63, 3.8) is 0 Å². The first-order chi connectivity index (χ1) is 4.33. The quantitative estimate of drug-likeness (QED) is 0.342. The molecule has 0 atom stereocenters. The Morgan fingerprint density at radius 2 is 2.33 bits per heavy atom. The Kier molecular flexibility index (Phi) is 1.60. The molecule has 1 rings (SSSR count). The van der Waals surface area contributed by atoms with E-state index in [1.54, 1.807) is 0 Å². The lowest BCUT2D eigenvalue weighted by Crippen LogP contribution is -2.17. The van der Waals surface area contributed by atoms with Gasteiger partial charge in [0.2, 0.25) is 0 Å². The first kappa shape index (κ1) is 6.39. The molecule has 0 aromatic heterocycles. The molecule has 1 aliphatic rings. The molecular weight excluding hydrogens is 116 g/mol. The zero-order chi connectivity index (χ0) is 6.74. The number of hydrogen-bond donors (Lipinski definition) is 1. The summed E-state index contributed by atoms with van der Waals surface area (Å²) in [6.45, 7) is 1.24. The predicted octanol–water partition coefficient (Wildman–Crippen LogP) is 1.04. The van der Waals surface area contributed by atoms with Crippen LogP contribution in [0.4, 0.5) is 0 Å². The van der Waals surface area contributed by atoms with Crippen LogP contribution in [0.2, 0.25) is 0 Å². The third-order valence-electron chi connectivity index (χ3n) is 1.86. The lowest BCUT2D eigenvalue weighted by atomic mass is 10.1. The second-order valence-electron chi connectivity index (χ2n) is 2.59. The molecule has 0 aliphatic heterocycles. The molecule has 4 heteroatoms. The Balaban J connectivity index is 2.33. The van der Waals surface area contributed by atoms with E-state index < -0.39 is 0 Å². The minimum absolute atomic E-state index is 0.201. The highest BCUT2D eigenvalue weighted by Crippen LogP contribution is 2.44. The highest BCUT2D eigenvalue weighted by molar-refractivity contribution is 4.95. The first-order valence-corrected chi connectivity index (χ1v) is 3.04. The van der Waals surface area contributed by atoms with Crippen LogP contribution in [0.5, 0.6) is 0 Å². The van der Waals surface area contributed by atoms with Crippen LogP contribution in [-0.2, 0) is 0 Å². The molecule has 0 heterocycles. The fraction of sp³-hybridized carbons (Fsp3) is 1.00. The summed E-state index contributed by atoms with van der Waals surface area (Å²) in [6, 6.07) is 0. The summed E-state index contributed by atoms with van der Waals surface area (Å²) in [7, 11) is 0. The maximum absolute atomic E-state index is 7.97. The molecule has 0 amide bonds. The second-order valence-corrected chi connectivity index (χ2v) is 2.59. The van der Waals surface area contributed by atoms with Gasteiger partial charge in [0.05, 0.1) is 0 Å². The molecule has 4 nitrogen and oxygen atoms in total. The molecule has 2 N–H and O–H groups in total. The molecule has 9 heavy (non-hydrogen) atoms. The molecule has 0 spiro atoms. The minimum Gasteiger partial charge on any atom is -0.330 e. The van der Waals surface area contributed by atoms with Crippen LogP contribution in [-0.4, -0.2) is 13.1 Å². The average Bonchev–Trinajstić information content (AvgIpc) is 2.65. The third kappa shape index (κ3) is 1.34. The Hall–Kier alpha value is -0.730. The van der Waals surface area contributed by atoms with E-state index in [1.165, 1.54) is 0 Å². The van der Waals surface area contributed by atoms with Crippen LogP contribution in [0, 0.1) is 5.41 Å². The normalized spacial score (nSPS) is 20.6. The predicted molar refractivity (Wildman–Crippen MR) is 34.7 cm³/mol. The van der Waals surface area contributed by atoms with Crippen molar-refractivity contribution in [1.29, 1.82) is 0 Å². The third-order valence-corrected chi connectivity index (χ3v) is 1.86. The van der Waals surface area contributed by atoms with Crippen LogP contribution in [0.15, 0.2) is 5.11 Å². The summed E-state index contributed by atoms with van der Waals surface area (Å²) >= 11 is 0. The second kappa shape index (κ2) is 2.25. The summed E-state index contributed by atoms with van der Waals surface area (Å²) in [5.74, 6) is 0. The van der Waals surface area contributed by atoms with Gasteiger partial charge in [-0.3, -0.25) is 0 Å². The summed E-state index contributed by atoms with van der Waals surface area (Å²) in [5.41, 5.74) is 13.6. The number of rotatable bonds is 3. The fourth-order valence-electron chi connectivity index (χ4n) is 0.785. The summed E-state index contributed by atoms with van der Waals surface area (Å²) in [4.78, 5) is 2.68. The van der Waals surface area contributed by atoms with Gasteiger partial charge in [-0.2, -0.15) is 0 Å². The number of hydrogen-bond acceptors (Lipinski definition) is 2. The average molecular weight is 126 g/mol. The molecule has 0 saturated heterocycles. The van der Waals surface area contributed by atoms with E-state index >= 15 is 0 Å². The summed E-state index contributed by atoms with van der Waals surface area (Å²) in [5, 5.41) is 3.48. The van der Waals surface area contributed by atoms with Gasteiger partial charge in [0.15, 0.2) is 0 Å². The Morgan fingerprint density at radius 1 is 1.67 bits per heavy atom. The maximum atomic E-state index is 7.97. The zero-order valence-electron chi connectivity index (χ0n) is 5.25. The van der Waals surface area contributed by atoms with Gasteiger partial charge in [-0.1, -0.05) is 5.11 Å². The largest absolute Gasteiger partial charge is 0.330 e. The van der Waals surface area contributed by atoms with Gasteiger partial charge >= 0.3 is 0 Å². The van der Waals surface area contributed by atoms with E-state index in [2.05, 4.69) is 10.0 Å². The number of nitrogens with two attached hydrogens (primary N) is 1. The molecule has 1 aliphatic carbocycles. The van der Waals surface area contributed by atoms with Crippen LogP contribution in [0.1, 0.15) is 12.8 Å². The van der Waals surface area contributed by atoms with E-state index in [4.69, 9.17) is 11.3 Å². The van der Waals surface area contributed by atoms with Crippen molar-refractivity contribution in [2.24, 2.45) is 16.3 Å². The highest BCUT2D eigenvalue weighted by Gasteiger charge is 2.40. The molecule has 1 saturated carbocycles. The van der Waals surface area contributed by atoms with Crippen molar-refractivity contribution in [2.45, 2.75) is 12.8 Å².